The molecule has 2 aromatic heterocycles. The summed E-state index contributed by atoms with van der Waals surface area (Å²) >= 11 is 0. The summed E-state index contributed by atoms with van der Waals surface area (Å²) in [5.74, 6) is 1.62. The van der Waals surface area contributed by atoms with Crippen molar-refractivity contribution in [2.24, 2.45) is 7.05 Å². The molecular formula is C19H19N5O2. The fourth-order valence-electron chi connectivity index (χ4n) is 2.56. The van der Waals surface area contributed by atoms with Crippen LogP contribution in [0.4, 0.5) is 5.82 Å². The maximum Gasteiger partial charge on any atom is 0.334 e. The molecule has 7 nitrogen and oxygen atoms in total. The maximum atomic E-state index is 12.6. The van der Waals surface area contributed by atoms with Gasteiger partial charge in [0.1, 0.15) is 23.4 Å². The standard InChI is InChI=1S/C19H19N5O2/c1-4-14(11-10-13(2)26-15-8-6-5-7-9-15)24-16-17(20)21-12-22-18(16)23(3)19(24)25/h4-12H,1H2,2-3H3,(H2,20,21,22)/b13-10+,14-11+. The summed E-state index contributed by atoms with van der Waals surface area (Å²) in [5, 5.41) is 0. The highest BCUT2D eigenvalue weighted by molar-refractivity contribution is 5.86. The smallest absolute Gasteiger partial charge is 0.334 e. The first-order chi connectivity index (χ1) is 12.5. The highest BCUT2D eigenvalue weighted by Crippen LogP contribution is 2.19. The topological polar surface area (TPSA) is 88.0 Å². The first-order valence-electron chi connectivity index (χ1n) is 7.95. The largest absolute Gasteiger partial charge is 0.462 e. The number of anilines is 1. The summed E-state index contributed by atoms with van der Waals surface area (Å²) in [5.41, 5.74) is 7.12. The van der Waals surface area contributed by atoms with Crippen molar-refractivity contribution in [3.63, 3.8) is 0 Å². The summed E-state index contributed by atoms with van der Waals surface area (Å²) < 4.78 is 8.58. The van der Waals surface area contributed by atoms with Crippen LogP contribution in [0.2, 0.25) is 0 Å². The highest BCUT2D eigenvalue weighted by atomic mass is 16.5. The molecule has 0 fully saturated rings. The molecule has 0 saturated carbocycles. The van der Waals surface area contributed by atoms with Crippen molar-refractivity contribution in [2.75, 3.05) is 5.73 Å². The van der Waals surface area contributed by atoms with E-state index in [9.17, 15) is 4.79 Å². The van der Waals surface area contributed by atoms with Crippen molar-refractivity contribution >= 4 is 22.7 Å². The van der Waals surface area contributed by atoms with E-state index in [0.29, 0.717) is 22.6 Å². The van der Waals surface area contributed by atoms with E-state index in [1.54, 1.807) is 25.3 Å². The molecule has 0 radical (unpaired) electrons. The van der Waals surface area contributed by atoms with Gasteiger partial charge >= 0.3 is 5.69 Å². The lowest BCUT2D eigenvalue weighted by atomic mass is 10.3. The number of aryl methyl sites for hydroxylation is 1. The number of hydrogen-bond acceptors (Lipinski definition) is 5. The predicted molar refractivity (Wildman–Crippen MR) is 102 cm³/mol. The molecule has 0 saturated heterocycles. The summed E-state index contributed by atoms with van der Waals surface area (Å²) in [6, 6.07) is 9.44. The van der Waals surface area contributed by atoms with Crippen LogP contribution in [0, 0.1) is 0 Å². The predicted octanol–water partition coefficient (Wildman–Crippen LogP) is 2.72. The number of fused-ring (bicyclic) bond motifs is 1. The Labute approximate surface area is 150 Å². The van der Waals surface area contributed by atoms with E-state index in [1.165, 1.54) is 15.5 Å². The molecule has 0 aliphatic heterocycles. The zero-order chi connectivity index (χ0) is 18.7. The molecule has 1 aromatic carbocycles. The van der Waals surface area contributed by atoms with Crippen LogP contribution < -0.4 is 16.2 Å². The van der Waals surface area contributed by atoms with E-state index >= 15 is 0 Å². The van der Waals surface area contributed by atoms with Crippen LogP contribution in [0.25, 0.3) is 16.9 Å². The third-order valence-corrected chi connectivity index (χ3v) is 3.83. The third-order valence-electron chi connectivity index (χ3n) is 3.83. The number of benzene rings is 1. The molecule has 2 heterocycles. The Morgan fingerprint density at radius 1 is 1.23 bits per heavy atom. The van der Waals surface area contributed by atoms with E-state index < -0.39 is 0 Å². The number of nitrogen functional groups attached to an aromatic ring is 1. The monoisotopic (exact) mass is 349 g/mol. The van der Waals surface area contributed by atoms with Gasteiger partial charge in [-0.15, -0.1) is 0 Å². The number of nitrogens with two attached hydrogens (primary N) is 1. The van der Waals surface area contributed by atoms with Gasteiger partial charge in [0.15, 0.2) is 11.5 Å². The van der Waals surface area contributed by atoms with Crippen molar-refractivity contribution in [3.8, 4) is 5.75 Å². The summed E-state index contributed by atoms with van der Waals surface area (Å²) in [6.07, 6.45) is 6.39. The van der Waals surface area contributed by atoms with Gasteiger partial charge in [-0.1, -0.05) is 24.8 Å². The van der Waals surface area contributed by atoms with Gasteiger partial charge in [0.25, 0.3) is 0 Å². The fourth-order valence-corrected chi connectivity index (χ4v) is 2.56. The maximum absolute atomic E-state index is 12.6. The minimum atomic E-state index is -0.284. The van der Waals surface area contributed by atoms with Crippen molar-refractivity contribution in [3.05, 3.63) is 77.7 Å². The molecule has 0 spiro atoms. The van der Waals surface area contributed by atoms with Crippen LogP contribution in [-0.2, 0) is 7.05 Å². The quantitative estimate of drug-likeness (QED) is 0.565. The molecule has 0 amide bonds. The number of para-hydroxylation sites is 1. The lowest BCUT2D eigenvalue weighted by Gasteiger charge is -2.06. The molecule has 0 bridgehead atoms. The number of allylic oxidation sites excluding steroid dienone is 5. The lowest BCUT2D eigenvalue weighted by Crippen LogP contribution is -2.21. The molecule has 7 heteroatoms. The first-order valence-corrected chi connectivity index (χ1v) is 7.95. The van der Waals surface area contributed by atoms with Gasteiger partial charge in [0, 0.05) is 7.05 Å². The second kappa shape index (κ2) is 7.10. The number of nitrogens with zero attached hydrogens (tertiary/aromatic N) is 4. The van der Waals surface area contributed by atoms with Gasteiger partial charge in [-0.25, -0.2) is 14.8 Å². The van der Waals surface area contributed by atoms with Crippen LogP contribution in [0.3, 0.4) is 0 Å². The van der Waals surface area contributed by atoms with E-state index in [1.807, 2.05) is 37.3 Å². The number of rotatable bonds is 5. The third kappa shape index (κ3) is 3.14. The van der Waals surface area contributed by atoms with Gasteiger partial charge in [-0.2, -0.15) is 0 Å². The molecule has 0 atom stereocenters. The summed E-state index contributed by atoms with van der Waals surface area (Å²) in [7, 11) is 1.63. The van der Waals surface area contributed by atoms with E-state index in [4.69, 9.17) is 10.5 Å². The Morgan fingerprint density at radius 3 is 2.65 bits per heavy atom. The van der Waals surface area contributed by atoms with Gasteiger partial charge in [0.05, 0.1) is 5.70 Å². The van der Waals surface area contributed by atoms with Crippen LogP contribution in [0.15, 0.2) is 72.0 Å². The molecule has 3 rings (SSSR count). The number of ether oxygens (including phenoxy) is 1. The van der Waals surface area contributed by atoms with Crippen molar-refractivity contribution in [1.29, 1.82) is 0 Å². The van der Waals surface area contributed by atoms with Crippen molar-refractivity contribution < 1.29 is 4.74 Å². The Kier molecular flexibility index (Phi) is 4.70. The Morgan fingerprint density at radius 2 is 1.96 bits per heavy atom. The number of hydrogen-bond donors (Lipinski definition) is 1. The second-order valence-electron chi connectivity index (χ2n) is 5.60. The normalized spacial score (nSPS) is 12.4. The first kappa shape index (κ1) is 17.2. The molecule has 3 aromatic rings. The summed E-state index contributed by atoms with van der Waals surface area (Å²) in [6.45, 7) is 5.62. The minimum absolute atomic E-state index is 0.224. The second-order valence-corrected chi connectivity index (χ2v) is 5.60. The van der Waals surface area contributed by atoms with Crippen LogP contribution in [0.1, 0.15) is 6.92 Å². The van der Waals surface area contributed by atoms with Gasteiger partial charge < -0.3 is 10.5 Å². The van der Waals surface area contributed by atoms with Crippen LogP contribution in [-0.4, -0.2) is 19.1 Å². The van der Waals surface area contributed by atoms with Gasteiger partial charge in [-0.05, 0) is 37.3 Å². The molecule has 132 valence electrons. The zero-order valence-corrected chi connectivity index (χ0v) is 14.6. The molecule has 0 aliphatic carbocycles. The van der Waals surface area contributed by atoms with Crippen LogP contribution in [0.5, 0.6) is 5.75 Å². The number of aromatic nitrogens is 4. The molecule has 0 unspecified atom stereocenters. The van der Waals surface area contributed by atoms with E-state index in [2.05, 4.69) is 16.5 Å². The summed E-state index contributed by atoms with van der Waals surface area (Å²) in [4.78, 5) is 20.8. The van der Waals surface area contributed by atoms with Crippen LogP contribution >= 0.6 is 0 Å². The average molecular weight is 349 g/mol. The zero-order valence-electron chi connectivity index (χ0n) is 14.6. The van der Waals surface area contributed by atoms with Crippen molar-refractivity contribution in [1.82, 2.24) is 19.1 Å². The Balaban J connectivity index is 2.04. The SMILES string of the molecule is C=C/C(=C\C=C(/C)Oc1ccccc1)n1c(=O)n(C)c2ncnc(N)c21. The molecular weight excluding hydrogens is 330 g/mol. The minimum Gasteiger partial charge on any atom is -0.462 e. The van der Waals surface area contributed by atoms with Gasteiger partial charge in [-0.3, -0.25) is 9.13 Å². The van der Waals surface area contributed by atoms with Crippen molar-refractivity contribution in [2.45, 2.75) is 6.92 Å². The number of imidazole rings is 1. The van der Waals surface area contributed by atoms with E-state index in [0.717, 1.165) is 5.75 Å². The highest BCUT2D eigenvalue weighted by Gasteiger charge is 2.16. The molecule has 2 N–H and O–H groups in total. The van der Waals surface area contributed by atoms with Gasteiger partial charge in [0.2, 0.25) is 0 Å². The average Bonchev–Trinajstić information content (AvgIpc) is 2.90. The fraction of sp³-hybridized carbons (Fsp3) is 0.105. The van der Waals surface area contributed by atoms with E-state index in [-0.39, 0.29) is 11.5 Å². The lowest BCUT2D eigenvalue weighted by molar-refractivity contribution is 0.428. The molecule has 0 aliphatic rings. The Hall–Kier alpha value is -3.61. The molecule has 26 heavy (non-hydrogen) atoms. The Bertz CT molecular complexity index is 1070.